The van der Waals surface area contributed by atoms with E-state index in [1.807, 2.05) is 30.3 Å². The highest BCUT2D eigenvalue weighted by atomic mass is 32.3. The minimum atomic E-state index is -4.57. The summed E-state index contributed by atoms with van der Waals surface area (Å²) in [7, 11) is -4.57. The van der Waals surface area contributed by atoms with Crippen LogP contribution in [0.1, 0.15) is 6.42 Å². The summed E-state index contributed by atoms with van der Waals surface area (Å²) < 4.78 is 34.2. The van der Waals surface area contributed by atoms with Crippen molar-refractivity contribution in [1.29, 1.82) is 0 Å². The first kappa shape index (κ1) is 15.6. The molecular weight excluding hydrogens is 319 g/mol. The lowest BCUT2D eigenvalue weighted by atomic mass is 10.1. The summed E-state index contributed by atoms with van der Waals surface area (Å²) in [4.78, 5) is 17.8. The fraction of sp³-hybridized carbons (Fsp3) is 0.250. The number of amides is 1. The number of aromatic nitrogens is 1. The maximum Gasteiger partial charge on any atom is 0.302 e. The van der Waals surface area contributed by atoms with Crippen LogP contribution in [0.4, 0.5) is 9.57 Å². The summed E-state index contributed by atoms with van der Waals surface area (Å²) >= 11 is 0. The third-order valence-corrected chi connectivity index (χ3v) is 4.64. The summed E-state index contributed by atoms with van der Waals surface area (Å²) in [6.45, 7) is 0.189. The van der Waals surface area contributed by atoms with Crippen molar-refractivity contribution in [2.24, 2.45) is 5.92 Å². The number of hydrogen-bond acceptors (Lipinski definition) is 4. The minimum absolute atomic E-state index is 0.0313. The lowest BCUT2D eigenvalue weighted by molar-refractivity contribution is -0.117. The molecule has 0 N–H and O–H groups in total. The predicted octanol–water partition coefficient (Wildman–Crippen LogP) is 2.40. The van der Waals surface area contributed by atoms with Gasteiger partial charge in [0, 0.05) is 24.4 Å². The highest BCUT2D eigenvalue weighted by Gasteiger charge is 2.33. The highest BCUT2D eigenvalue weighted by molar-refractivity contribution is 7.86. The number of hydrogen-bond donors (Lipinski definition) is 0. The quantitative estimate of drug-likeness (QED) is 0.805. The van der Waals surface area contributed by atoms with Gasteiger partial charge in [0.25, 0.3) is 0 Å². The first-order valence-electron chi connectivity index (χ1n) is 7.16. The molecule has 0 bridgehead atoms. The van der Waals surface area contributed by atoms with E-state index in [2.05, 4.69) is 4.98 Å². The van der Waals surface area contributed by atoms with Crippen LogP contribution in [0.15, 0.2) is 48.7 Å². The van der Waals surface area contributed by atoms with Gasteiger partial charge in [-0.15, -0.1) is 3.89 Å². The van der Waals surface area contributed by atoms with Crippen molar-refractivity contribution in [2.45, 2.75) is 6.42 Å². The SMILES string of the molecule is O=C1CC(CS(=O)(=O)F)CN1c1ccc(-c2ccccc2)nc1. The summed E-state index contributed by atoms with van der Waals surface area (Å²) in [5.41, 5.74) is 2.34. The van der Waals surface area contributed by atoms with Crippen molar-refractivity contribution in [3.8, 4) is 11.3 Å². The molecule has 1 aromatic carbocycles. The van der Waals surface area contributed by atoms with E-state index in [-0.39, 0.29) is 18.9 Å². The number of benzene rings is 1. The second-order valence-electron chi connectivity index (χ2n) is 5.55. The Hall–Kier alpha value is -2.28. The topological polar surface area (TPSA) is 67.3 Å². The Morgan fingerprint density at radius 3 is 2.52 bits per heavy atom. The summed E-state index contributed by atoms with van der Waals surface area (Å²) in [5, 5.41) is 0. The molecule has 0 radical (unpaired) electrons. The zero-order valence-electron chi connectivity index (χ0n) is 12.2. The molecular formula is C16H15FN2O3S. The van der Waals surface area contributed by atoms with Gasteiger partial charge in [-0.25, -0.2) is 0 Å². The molecule has 1 aliphatic rings. The Morgan fingerprint density at radius 1 is 1.17 bits per heavy atom. The van der Waals surface area contributed by atoms with Crippen LogP contribution in [-0.2, 0) is 15.0 Å². The highest BCUT2D eigenvalue weighted by Crippen LogP contribution is 2.27. The van der Waals surface area contributed by atoms with E-state index in [1.165, 1.54) is 4.90 Å². The van der Waals surface area contributed by atoms with Crippen molar-refractivity contribution in [1.82, 2.24) is 4.98 Å². The third-order valence-electron chi connectivity index (χ3n) is 3.77. The van der Waals surface area contributed by atoms with Crippen LogP contribution in [0.25, 0.3) is 11.3 Å². The molecule has 1 fully saturated rings. The Labute approximate surface area is 134 Å². The number of pyridine rings is 1. The van der Waals surface area contributed by atoms with Gasteiger partial charge in [-0.05, 0) is 12.1 Å². The average Bonchev–Trinajstić information content (AvgIpc) is 2.87. The molecule has 1 amide bonds. The number of carbonyl (C=O) groups excluding carboxylic acids is 1. The molecule has 1 aliphatic heterocycles. The number of nitrogens with zero attached hydrogens (tertiary/aromatic N) is 2. The van der Waals surface area contributed by atoms with Gasteiger partial charge in [0.05, 0.1) is 23.3 Å². The second-order valence-corrected chi connectivity index (χ2v) is 6.96. The normalized spacial score (nSPS) is 18.4. The van der Waals surface area contributed by atoms with Crippen LogP contribution in [0.3, 0.4) is 0 Å². The lowest BCUT2D eigenvalue weighted by Crippen LogP contribution is -2.25. The van der Waals surface area contributed by atoms with Crippen molar-refractivity contribution < 1.29 is 17.1 Å². The fourth-order valence-electron chi connectivity index (χ4n) is 2.75. The average molecular weight is 334 g/mol. The molecule has 1 unspecified atom stereocenters. The van der Waals surface area contributed by atoms with Crippen LogP contribution in [0, 0.1) is 5.92 Å². The Morgan fingerprint density at radius 2 is 1.91 bits per heavy atom. The molecule has 2 aromatic rings. The zero-order valence-corrected chi connectivity index (χ0v) is 13.0. The van der Waals surface area contributed by atoms with Crippen molar-refractivity contribution >= 4 is 21.8 Å². The third kappa shape index (κ3) is 3.73. The van der Waals surface area contributed by atoms with Gasteiger partial charge in [0.1, 0.15) is 0 Å². The Bertz CT molecular complexity index is 807. The van der Waals surface area contributed by atoms with E-state index in [1.54, 1.807) is 18.3 Å². The molecule has 1 aromatic heterocycles. The van der Waals surface area contributed by atoms with Gasteiger partial charge in [0.15, 0.2) is 0 Å². The van der Waals surface area contributed by atoms with Gasteiger partial charge < -0.3 is 4.90 Å². The second kappa shape index (κ2) is 6.08. The van der Waals surface area contributed by atoms with E-state index in [0.717, 1.165) is 11.3 Å². The van der Waals surface area contributed by atoms with E-state index >= 15 is 0 Å². The molecule has 1 atom stereocenters. The fourth-order valence-corrected chi connectivity index (χ4v) is 3.54. The van der Waals surface area contributed by atoms with Gasteiger partial charge >= 0.3 is 10.2 Å². The predicted molar refractivity (Wildman–Crippen MR) is 85.0 cm³/mol. The van der Waals surface area contributed by atoms with Crippen LogP contribution in [0.2, 0.25) is 0 Å². The van der Waals surface area contributed by atoms with Crippen LogP contribution in [-0.4, -0.2) is 31.6 Å². The number of rotatable bonds is 4. The van der Waals surface area contributed by atoms with Gasteiger partial charge in [-0.1, -0.05) is 30.3 Å². The van der Waals surface area contributed by atoms with Gasteiger partial charge in [-0.2, -0.15) is 8.42 Å². The maximum absolute atomic E-state index is 12.8. The molecule has 1 saturated heterocycles. The van der Waals surface area contributed by atoms with E-state index in [0.29, 0.717) is 5.69 Å². The number of carbonyl (C=O) groups is 1. The van der Waals surface area contributed by atoms with Crippen LogP contribution >= 0.6 is 0 Å². The van der Waals surface area contributed by atoms with Crippen LogP contribution < -0.4 is 4.90 Å². The largest absolute Gasteiger partial charge is 0.311 e. The molecule has 0 aliphatic carbocycles. The molecule has 7 heteroatoms. The molecule has 120 valence electrons. The maximum atomic E-state index is 12.8. The minimum Gasteiger partial charge on any atom is -0.311 e. The molecule has 2 heterocycles. The van der Waals surface area contributed by atoms with E-state index in [9.17, 15) is 17.1 Å². The lowest BCUT2D eigenvalue weighted by Gasteiger charge is -2.16. The first-order valence-corrected chi connectivity index (χ1v) is 8.72. The Balaban J connectivity index is 1.76. The smallest absolute Gasteiger partial charge is 0.302 e. The van der Waals surface area contributed by atoms with Crippen molar-refractivity contribution in [3.05, 3.63) is 48.7 Å². The molecule has 5 nitrogen and oxygen atoms in total. The van der Waals surface area contributed by atoms with Crippen LogP contribution in [0.5, 0.6) is 0 Å². The van der Waals surface area contributed by atoms with Crippen molar-refractivity contribution in [3.63, 3.8) is 0 Å². The summed E-state index contributed by atoms with van der Waals surface area (Å²) in [5.74, 6) is -1.36. The summed E-state index contributed by atoms with van der Waals surface area (Å²) in [6.07, 6.45) is 1.61. The zero-order chi connectivity index (χ0) is 16.4. The van der Waals surface area contributed by atoms with Gasteiger partial charge in [-0.3, -0.25) is 9.78 Å². The standard InChI is InChI=1S/C16H15FN2O3S/c17-23(21,22)11-12-8-16(20)19(10-12)14-6-7-15(18-9-14)13-4-2-1-3-5-13/h1-7,9,12H,8,10-11H2. The molecule has 23 heavy (non-hydrogen) atoms. The molecule has 3 rings (SSSR count). The Kier molecular flexibility index (Phi) is 4.12. The van der Waals surface area contributed by atoms with Crippen molar-refractivity contribution in [2.75, 3.05) is 17.2 Å². The summed E-state index contributed by atoms with van der Waals surface area (Å²) in [6, 6.07) is 13.2. The molecule has 0 saturated carbocycles. The number of anilines is 1. The van der Waals surface area contributed by atoms with E-state index < -0.39 is 21.9 Å². The molecule has 0 spiro atoms. The first-order chi connectivity index (χ1) is 10.9. The van der Waals surface area contributed by atoms with E-state index in [4.69, 9.17) is 0 Å². The number of halogens is 1. The monoisotopic (exact) mass is 334 g/mol. The van der Waals surface area contributed by atoms with Gasteiger partial charge in [0.2, 0.25) is 5.91 Å².